The van der Waals surface area contributed by atoms with Crippen molar-refractivity contribution in [2.24, 2.45) is 40.4 Å². The molecule has 0 spiro atoms. The average molecular weight is 393 g/mol. The van der Waals surface area contributed by atoms with Gasteiger partial charge in [-0.2, -0.15) is 0 Å². The van der Waals surface area contributed by atoms with Crippen molar-refractivity contribution in [1.29, 1.82) is 0 Å². The molecule has 3 aliphatic rings. The molecule has 3 nitrogen and oxygen atoms in total. The van der Waals surface area contributed by atoms with Gasteiger partial charge in [-0.3, -0.25) is 4.79 Å². The first-order valence-electron chi connectivity index (χ1n) is 12.1. The predicted molar refractivity (Wildman–Crippen MR) is 114 cm³/mol. The third kappa shape index (κ3) is 4.02. The highest BCUT2D eigenvalue weighted by Gasteiger charge is 2.59. The highest BCUT2D eigenvalue weighted by molar-refractivity contribution is 5.77. The zero-order chi connectivity index (χ0) is 20.5. The average Bonchev–Trinajstić information content (AvgIpc) is 2.65. The summed E-state index contributed by atoms with van der Waals surface area (Å²) in [5.74, 6) is 3.70. The summed E-state index contributed by atoms with van der Waals surface area (Å²) in [7, 11) is 0. The van der Waals surface area contributed by atoms with E-state index in [2.05, 4.69) is 27.7 Å². The highest BCUT2D eigenvalue weighted by atomic mass is 16.5. The first-order valence-corrected chi connectivity index (χ1v) is 12.1. The van der Waals surface area contributed by atoms with Gasteiger partial charge < -0.3 is 9.84 Å². The summed E-state index contributed by atoms with van der Waals surface area (Å²) in [5, 5.41) is 10.0. The van der Waals surface area contributed by atoms with E-state index in [1.807, 2.05) is 6.92 Å². The van der Waals surface area contributed by atoms with Crippen LogP contribution in [0.25, 0.3) is 0 Å². The Kier molecular flexibility index (Phi) is 6.84. The van der Waals surface area contributed by atoms with E-state index in [1.54, 1.807) is 0 Å². The minimum atomic E-state index is -0.519. The van der Waals surface area contributed by atoms with E-state index in [4.69, 9.17) is 4.74 Å². The zero-order valence-electron chi connectivity index (χ0n) is 19.0. The van der Waals surface area contributed by atoms with Crippen LogP contribution < -0.4 is 0 Å². The Balaban J connectivity index is 1.73. The second-order valence-electron chi connectivity index (χ2n) is 11.1. The first-order chi connectivity index (χ1) is 13.2. The Labute approximate surface area is 173 Å². The number of ether oxygens (including phenoxy) is 1. The smallest absolute Gasteiger partial charge is 0.312 e. The Morgan fingerprint density at radius 2 is 1.89 bits per heavy atom. The van der Waals surface area contributed by atoms with Crippen LogP contribution in [-0.2, 0) is 9.53 Å². The number of aliphatic hydroxyl groups excluding tert-OH is 1. The van der Waals surface area contributed by atoms with Gasteiger partial charge in [-0.15, -0.1) is 0 Å². The standard InChI is InChI=1S/C25H44O3/c1-6-8-20(26)16-28-23(27)25(5)14-7-13-24(4)21-11-9-18(17(2)3)15-19(21)10-12-22(24)25/h17-22,26H,6-16H2,1-5H3/t18?,19?,20?,21?,22?,24-,25?/m1/s1. The summed E-state index contributed by atoms with van der Waals surface area (Å²) in [4.78, 5) is 13.2. The molecule has 0 aromatic carbocycles. The number of aliphatic hydroxyl groups is 1. The second-order valence-corrected chi connectivity index (χ2v) is 11.1. The Morgan fingerprint density at radius 3 is 2.57 bits per heavy atom. The van der Waals surface area contributed by atoms with Crippen molar-refractivity contribution < 1.29 is 14.6 Å². The number of carbonyl (C=O) groups is 1. The van der Waals surface area contributed by atoms with Crippen molar-refractivity contribution in [2.45, 2.75) is 105 Å². The summed E-state index contributed by atoms with van der Waals surface area (Å²) in [6, 6.07) is 0. The molecule has 3 heteroatoms. The molecule has 162 valence electrons. The van der Waals surface area contributed by atoms with Gasteiger partial charge in [-0.1, -0.05) is 40.5 Å². The summed E-state index contributed by atoms with van der Waals surface area (Å²) in [5.41, 5.74) is -0.0995. The number of hydrogen-bond donors (Lipinski definition) is 1. The lowest BCUT2D eigenvalue weighted by Gasteiger charge is -2.61. The largest absolute Gasteiger partial charge is 0.463 e. The van der Waals surface area contributed by atoms with E-state index in [1.165, 1.54) is 38.5 Å². The van der Waals surface area contributed by atoms with Gasteiger partial charge in [0.2, 0.25) is 0 Å². The van der Waals surface area contributed by atoms with E-state index < -0.39 is 6.10 Å². The molecule has 3 fully saturated rings. The molecule has 0 bridgehead atoms. The van der Waals surface area contributed by atoms with E-state index in [9.17, 15) is 9.90 Å². The van der Waals surface area contributed by atoms with Crippen molar-refractivity contribution in [3.8, 4) is 0 Å². The molecule has 28 heavy (non-hydrogen) atoms. The van der Waals surface area contributed by atoms with Crippen LogP contribution in [0.5, 0.6) is 0 Å². The normalized spacial score (nSPS) is 41.8. The maximum absolute atomic E-state index is 13.2. The van der Waals surface area contributed by atoms with Crippen LogP contribution in [-0.4, -0.2) is 23.8 Å². The quantitative estimate of drug-likeness (QED) is 0.565. The lowest BCUT2D eigenvalue weighted by molar-refractivity contribution is -0.181. The van der Waals surface area contributed by atoms with Gasteiger partial charge in [0.25, 0.3) is 0 Å². The summed E-state index contributed by atoms with van der Waals surface area (Å²) >= 11 is 0. The number of hydrogen-bond acceptors (Lipinski definition) is 3. The van der Waals surface area contributed by atoms with Crippen LogP contribution >= 0.6 is 0 Å². The van der Waals surface area contributed by atoms with Gasteiger partial charge in [0.15, 0.2) is 0 Å². The Bertz CT molecular complexity index is 544. The van der Waals surface area contributed by atoms with Gasteiger partial charge >= 0.3 is 5.97 Å². The summed E-state index contributed by atoms with van der Waals surface area (Å²) in [6.07, 6.45) is 11.0. The van der Waals surface area contributed by atoms with Crippen LogP contribution in [0, 0.1) is 40.4 Å². The molecule has 3 rings (SSSR count). The highest BCUT2D eigenvalue weighted by Crippen LogP contribution is 2.64. The van der Waals surface area contributed by atoms with Gasteiger partial charge in [0.1, 0.15) is 6.61 Å². The Morgan fingerprint density at radius 1 is 1.14 bits per heavy atom. The van der Waals surface area contributed by atoms with Crippen LogP contribution in [0.3, 0.4) is 0 Å². The SMILES string of the molecule is CCCC(O)COC(=O)C1(C)CCC[C@]2(C)C3CCC(C(C)C)CC3CCC12. The monoisotopic (exact) mass is 392 g/mol. The molecule has 7 atom stereocenters. The van der Waals surface area contributed by atoms with E-state index >= 15 is 0 Å². The Hall–Kier alpha value is -0.570. The molecule has 0 amide bonds. The molecule has 1 N–H and O–H groups in total. The molecule has 0 aromatic rings. The fourth-order valence-corrected chi connectivity index (χ4v) is 7.48. The van der Waals surface area contributed by atoms with Crippen LogP contribution in [0.15, 0.2) is 0 Å². The van der Waals surface area contributed by atoms with E-state index in [0.717, 1.165) is 42.9 Å². The molecule has 6 unspecified atom stereocenters. The maximum Gasteiger partial charge on any atom is 0.312 e. The number of fused-ring (bicyclic) bond motifs is 3. The fourth-order valence-electron chi connectivity index (χ4n) is 7.48. The lowest BCUT2D eigenvalue weighted by atomic mass is 9.43. The molecular formula is C25H44O3. The van der Waals surface area contributed by atoms with Gasteiger partial charge in [0, 0.05) is 0 Å². The number of rotatable bonds is 6. The molecule has 0 saturated heterocycles. The first kappa shape index (κ1) is 22.1. The fraction of sp³-hybridized carbons (Fsp3) is 0.960. The lowest BCUT2D eigenvalue weighted by Crippen LogP contribution is -2.56. The number of esters is 1. The molecule has 0 heterocycles. The van der Waals surface area contributed by atoms with Crippen LogP contribution in [0.1, 0.15) is 98.8 Å². The van der Waals surface area contributed by atoms with Crippen molar-refractivity contribution in [2.75, 3.05) is 6.61 Å². The second kappa shape index (κ2) is 8.66. The molecule has 0 radical (unpaired) electrons. The minimum Gasteiger partial charge on any atom is -0.463 e. The molecular weight excluding hydrogens is 348 g/mol. The third-order valence-corrected chi connectivity index (χ3v) is 9.11. The van der Waals surface area contributed by atoms with Crippen molar-refractivity contribution >= 4 is 5.97 Å². The van der Waals surface area contributed by atoms with E-state index in [0.29, 0.717) is 12.3 Å². The topological polar surface area (TPSA) is 46.5 Å². The van der Waals surface area contributed by atoms with Gasteiger partial charge in [-0.25, -0.2) is 0 Å². The van der Waals surface area contributed by atoms with E-state index in [-0.39, 0.29) is 23.4 Å². The molecule has 3 aliphatic carbocycles. The summed E-state index contributed by atoms with van der Waals surface area (Å²) < 4.78 is 5.69. The number of carbonyl (C=O) groups excluding carboxylic acids is 1. The molecule has 0 aliphatic heterocycles. The zero-order valence-corrected chi connectivity index (χ0v) is 19.0. The van der Waals surface area contributed by atoms with Gasteiger partial charge in [-0.05, 0) is 93.3 Å². The minimum absolute atomic E-state index is 0.0482. The third-order valence-electron chi connectivity index (χ3n) is 9.11. The molecule has 0 aromatic heterocycles. The van der Waals surface area contributed by atoms with Crippen LogP contribution in [0.2, 0.25) is 0 Å². The van der Waals surface area contributed by atoms with Crippen molar-refractivity contribution in [1.82, 2.24) is 0 Å². The maximum atomic E-state index is 13.2. The predicted octanol–water partition coefficient (Wildman–Crippen LogP) is 5.99. The van der Waals surface area contributed by atoms with Crippen LogP contribution in [0.4, 0.5) is 0 Å². The molecule has 3 saturated carbocycles. The van der Waals surface area contributed by atoms with Crippen molar-refractivity contribution in [3.05, 3.63) is 0 Å². The van der Waals surface area contributed by atoms with Crippen molar-refractivity contribution in [3.63, 3.8) is 0 Å². The van der Waals surface area contributed by atoms with Gasteiger partial charge in [0.05, 0.1) is 11.5 Å². The summed E-state index contributed by atoms with van der Waals surface area (Å²) in [6.45, 7) is 11.7.